The third-order valence-electron chi connectivity index (χ3n) is 18.5. The molecule has 66 heavy (non-hydrogen) atoms. The predicted octanol–water partition coefficient (Wildman–Crippen LogP) is 0.180. The summed E-state index contributed by atoms with van der Waals surface area (Å²) < 4.78 is 36.0. The average molecular weight is 945 g/mol. The van der Waals surface area contributed by atoms with Crippen molar-refractivity contribution in [2.45, 2.75) is 224 Å². The zero-order chi connectivity index (χ0) is 48.8. The third kappa shape index (κ3) is 8.60. The van der Waals surface area contributed by atoms with Crippen molar-refractivity contribution in [1.82, 2.24) is 0 Å². The Hall–Kier alpha value is -1.27. The minimum absolute atomic E-state index is 0.0616. The Labute approximate surface area is 388 Å². The van der Waals surface area contributed by atoms with Crippen molar-refractivity contribution in [3.05, 3.63) is 11.6 Å². The summed E-state index contributed by atoms with van der Waals surface area (Å²) in [7, 11) is 0. The van der Waals surface area contributed by atoms with E-state index in [1.165, 1.54) is 6.92 Å². The van der Waals surface area contributed by atoms with Gasteiger partial charge in [0.15, 0.2) is 18.9 Å². The van der Waals surface area contributed by atoms with E-state index in [4.69, 9.17) is 28.4 Å². The molecular formula is C48H80O18. The minimum atomic E-state index is -1.69. The van der Waals surface area contributed by atoms with Crippen LogP contribution < -0.4 is 0 Å². The predicted molar refractivity (Wildman–Crippen MR) is 233 cm³/mol. The quantitative estimate of drug-likeness (QED) is 0.110. The number of aliphatic hydroxyl groups is 11. The molecule has 0 aromatic carbocycles. The molecule has 0 unspecified atom stereocenters. The van der Waals surface area contributed by atoms with Gasteiger partial charge in [-0.25, -0.2) is 0 Å². The fourth-order valence-electron chi connectivity index (χ4n) is 13.9. The van der Waals surface area contributed by atoms with E-state index >= 15 is 4.79 Å². The van der Waals surface area contributed by atoms with Gasteiger partial charge in [-0.2, -0.15) is 0 Å². The molecule has 18 nitrogen and oxygen atoms in total. The number of fused-ring (bicyclic) bond motifs is 5. The molecule has 18 heteroatoms. The highest BCUT2D eigenvalue weighted by Gasteiger charge is 2.70. The van der Waals surface area contributed by atoms with E-state index in [1.54, 1.807) is 13.8 Å². The van der Waals surface area contributed by atoms with E-state index in [1.807, 2.05) is 0 Å². The largest absolute Gasteiger partial charge is 0.394 e. The van der Waals surface area contributed by atoms with Crippen LogP contribution in [0, 0.1) is 45.3 Å². The Kier molecular flexibility index (Phi) is 15.2. The Morgan fingerprint density at radius 3 is 1.95 bits per heavy atom. The molecule has 3 aliphatic heterocycles. The molecule has 4 aliphatic carbocycles. The molecule has 3 heterocycles. The number of hydrogen-bond donors (Lipinski definition) is 11. The van der Waals surface area contributed by atoms with E-state index < -0.39 is 134 Å². The lowest BCUT2D eigenvalue weighted by atomic mass is 9.38. The van der Waals surface area contributed by atoms with Gasteiger partial charge in [0.1, 0.15) is 72.9 Å². The van der Waals surface area contributed by atoms with Crippen LogP contribution in [0.25, 0.3) is 0 Å². The molecule has 0 aromatic heterocycles. The van der Waals surface area contributed by atoms with Crippen LogP contribution in [0.1, 0.15) is 114 Å². The van der Waals surface area contributed by atoms with Crippen LogP contribution in [0.3, 0.4) is 0 Å². The van der Waals surface area contributed by atoms with Gasteiger partial charge in [-0.15, -0.1) is 0 Å². The maximum absolute atomic E-state index is 15.1. The van der Waals surface area contributed by atoms with Gasteiger partial charge in [-0.05, 0) is 100 Å². The van der Waals surface area contributed by atoms with Crippen LogP contribution >= 0.6 is 0 Å². The number of ether oxygens (including phenoxy) is 6. The lowest BCUT2D eigenvalue weighted by molar-refractivity contribution is -0.372. The smallest absolute Gasteiger partial charge is 0.187 e. The first-order valence-corrected chi connectivity index (χ1v) is 24.2. The van der Waals surface area contributed by atoms with E-state index in [9.17, 15) is 56.2 Å². The van der Waals surface area contributed by atoms with Crippen LogP contribution in [-0.4, -0.2) is 185 Å². The number of allylic oxidation sites excluding steroid dienone is 1. The SMILES string of the molecule is C[C@@H]1O[C@@H](O[C@H]2[C@H](O[C@@H]3CC[C@@H]4C(=CC[C@H]5[C@@]4(C)C(=O)C[C@@]4(C)[C@H]([C@@H](C)CC[C@H](O)C(C)(C)O[C@H]6O[C@@H](CO)[C@@H](O)[C@@H](O)[C@@H]6O)CC[C@]54C)C3(C)C)O[C@H](CO)[C@@H](O)[C@H]2O)[C@@H](O)[C@@H](O)[C@H]1O. The molecule has 0 bridgehead atoms. The number of carbonyl (C=O) groups is 1. The second kappa shape index (κ2) is 19.1. The molecule has 380 valence electrons. The van der Waals surface area contributed by atoms with Crippen LogP contribution in [0.2, 0.25) is 0 Å². The molecule has 3 saturated carbocycles. The summed E-state index contributed by atoms with van der Waals surface area (Å²) in [6.07, 6.45) is -15.7. The molecule has 7 aliphatic rings. The van der Waals surface area contributed by atoms with E-state index in [-0.39, 0.29) is 40.3 Å². The second-order valence-corrected chi connectivity index (χ2v) is 22.8. The zero-order valence-electron chi connectivity index (χ0n) is 40.0. The maximum atomic E-state index is 15.1. The fraction of sp³-hybridized carbons (Fsp3) is 0.938. The van der Waals surface area contributed by atoms with Crippen molar-refractivity contribution >= 4 is 5.78 Å². The fourth-order valence-corrected chi connectivity index (χ4v) is 13.9. The van der Waals surface area contributed by atoms with E-state index in [0.29, 0.717) is 38.5 Å². The third-order valence-corrected chi connectivity index (χ3v) is 18.5. The van der Waals surface area contributed by atoms with Crippen molar-refractivity contribution in [1.29, 1.82) is 0 Å². The van der Waals surface area contributed by atoms with Crippen molar-refractivity contribution in [2.24, 2.45) is 45.3 Å². The van der Waals surface area contributed by atoms with Gasteiger partial charge in [0.05, 0.1) is 37.1 Å². The highest BCUT2D eigenvalue weighted by atomic mass is 16.8. The summed E-state index contributed by atoms with van der Waals surface area (Å²) in [4.78, 5) is 15.1. The number of hydrogen-bond acceptors (Lipinski definition) is 18. The normalized spacial score (nSPS) is 50.5. The summed E-state index contributed by atoms with van der Waals surface area (Å²) in [5.41, 5.74) is -1.92. The molecule has 0 spiro atoms. The molecular weight excluding hydrogens is 865 g/mol. The number of carbonyl (C=O) groups excluding carboxylic acids is 1. The van der Waals surface area contributed by atoms with Crippen molar-refractivity contribution in [2.75, 3.05) is 13.2 Å². The summed E-state index contributed by atoms with van der Waals surface area (Å²) in [6.45, 7) is 16.7. The lowest BCUT2D eigenvalue weighted by Crippen LogP contribution is -2.65. The van der Waals surface area contributed by atoms with Crippen molar-refractivity contribution < 1.29 is 89.4 Å². The van der Waals surface area contributed by atoms with Crippen LogP contribution in [0.15, 0.2) is 11.6 Å². The van der Waals surface area contributed by atoms with Crippen LogP contribution in [-0.2, 0) is 33.2 Å². The lowest BCUT2D eigenvalue weighted by Gasteiger charge is -2.65. The molecule has 11 N–H and O–H groups in total. The Balaban J connectivity index is 1.05. The van der Waals surface area contributed by atoms with Crippen molar-refractivity contribution in [3.63, 3.8) is 0 Å². The highest BCUT2D eigenvalue weighted by molar-refractivity contribution is 5.88. The Bertz CT molecular complexity index is 1740. The van der Waals surface area contributed by atoms with Gasteiger partial charge < -0.3 is 84.6 Å². The van der Waals surface area contributed by atoms with Gasteiger partial charge in [0.25, 0.3) is 0 Å². The number of Topliss-reactive ketones (excluding diaryl/α,β-unsaturated/α-hetero) is 1. The Morgan fingerprint density at radius 2 is 1.32 bits per heavy atom. The van der Waals surface area contributed by atoms with Crippen molar-refractivity contribution in [3.8, 4) is 0 Å². The molecule has 6 fully saturated rings. The Morgan fingerprint density at radius 1 is 0.727 bits per heavy atom. The number of aliphatic hydroxyl groups excluding tert-OH is 11. The molecule has 0 amide bonds. The van der Waals surface area contributed by atoms with Crippen LogP contribution in [0.4, 0.5) is 0 Å². The van der Waals surface area contributed by atoms with Gasteiger partial charge in [0, 0.05) is 17.3 Å². The summed E-state index contributed by atoms with van der Waals surface area (Å²) in [6, 6.07) is 0. The van der Waals surface area contributed by atoms with Gasteiger partial charge in [0.2, 0.25) is 0 Å². The first kappa shape index (κ1) is 52.6. The van der Waals surface area contributed by atoms with E-state index in [2.05, 4.69) is 47.6 Å². The number of rotatable bonds is 13. The summed E-state index contributed by atoms with van der Waals surface area (Å²) >= 11 is 0. The van der Waals surface area contributed by atoms with E-state index in [0.717, 1.165) is 18.4 Å². The molecule has 0 aromatic rings. The monoisotopic (exact) mass is 945 g/mol. The average Bonchev–Trinajstić information content (AvgIpc) is 3.53. The zero-order valence-corrected chi connectivity index (χ0v) is 40.0. The molecule has 3 saturated heterocycles. The van der Waals surface area contributed by atoms with Gasteiger partial charge in [-0.3, -0.25) is 4.79 Å². The molecule has 24 atom stereocenters. The summed E-state index contributed by atoms with van der Waals surface area (Å²) in [5.74, 6) is 0.565. The first-order chi connectivity index (χ1) is 30.7. The number of ketones is 1. The minimum Gasteiger partial charge on any atom is -0.394 e. The first-order valence-electron chi connectivity index (χ1n) is 24.2. The molecule has 7 rings (SSSR count). The van der Waals surface area contributed by atoms with Crippen LogP contribution in [0.5, 0.6) is 0 Å². The topological polar surface area (TPSA) is 295 Å². The maximum Gasteiger partial charge on any atom is 0.187 e. The van der Waals surface area contributed by atoms with Gasteiger partial charge >= 0.3 is 0 Å². The second-order valence-electron chi connectivity index (χ2n) is 22.8. The molecule has 0 radical (unpaired) electrons. The van der Waals surface area contributed by atoms with Gasteiger partial charge in [-0.1, -0.05) is 53.2 Å². The standard InChI is InChI=1S/C48H80O18/c1-21(10-14-29(51)45(5,6)66-42-39(60)36(57)33(54)26(19-49)62-42)23-16-17-46(7)28-13-11-24-25(48(28,9)30(52)18-47(23,46)8)12-15-31(44(24,3)4)64-43-40(37(58)34(55)27(20-50)63-43)65-41-38(59)35(56)32(53)22(2)61-41/h11,21-23,25-29,31-43,49-51,53-60H,10,12-20H2,1-9H3/t21-,22-,23-,25+,26-,27+,28+,29-,31+,32-,33+,34+,35-,36+,37+,38-,39-,40+,41-,42+,43-,46+,47-,48-/m0/s1. The summed E-state index contributed by atoms with van der Waals surface area (Å²) in [5, 5.41) is 116. The highest BCUT2D eigenvalue weighted by Crippen LogP contribution is 2.74.